The lowest BCUT2D eigenvalue weighted by Crippen LogP contribution is -2.52. The summed E-state index contributed by atoms with van der Waals surface area (Å²) in [4.78, 5) is 20.6. The summed E-state index contributed by atoms with van der Waals surface area (Å²) in [5.41, 5.74) is 3.53. The average Bonchev–Trinajstić information content (AvgIpc) is 2.71. The third-order valence-corrected chi connectivity index (χ3v) is 6.65. The van der Waals surface area contributed by atoms with Crippen molar-refractivity contribution < 1.29 is 18.0 Å². The number of amides is 1. The van der Waals surface area contributed by atoms with Crippen LogP contribution in [0.4, 0.5) is 5.69 Å². The number of hydrogen-bond donors (Lipinski definition) is 1. The van der Waals surface area contributed by atoms with Crippen LogP contribution in [0, 0.1) is 5.92 Å². The normalized spacial score (nSPS) is 13.3. The Morgan fingerprint density at radius 2 is 1.56 bits per heavy atom. The predicted molar refractivity (Wildman–Crippen MR) is 128 cm³/mol. The van der Waals surface area contributed by atoms with Gasteiger partial charge < -0.3 is 4.90 Å². The van der Waals surface area contributed by atoms with Gasteiger partial charge in [0.25, 0.3) is 5.91 Å². The van der Waals surface area contributed by atoms with Crippen LogP contribution in [-0.4, -0.2) is 44.4 Å². The van der Waals surface area contributed by atoms with Crippen molar-refractivity contribution in [2.24, 2.45) is 5.92 Å². The lowest BCUT2D eigenvalue weighted by Gasteiger charge is -2.33. The second-order valence-corrected chi connectivity index (χ2v) is 11.2. The van der Waals surface area contributed by atoms with E-state index in [4.69, 9.17) is 4.84 Å². The van der Waals surface area contributed by atoms with Crippen molar-refractivity contribution in [3.63, 3.8) is 0 Å². The molecule has 0 saturated heterocycles. The van der Waals surface area contributed by atoms with E-state index in [-0.39, 0.29) is 17.4 Å². The highest BCUT2D eigenvalue weighted by atomic mass is 32.2. The topological polar surface area (TPSA) is 79.0 Å². The third kappa shape index (κ3) is 6.79. The summed E-state index contributed by atoms with van der Waals surface area (Å²) < 4.78 is 28.8. The zero-order valence-electron chi connectivity index (χ0n) is 20.0. The van der Waals surface area contributed by atoms with Gasteiger partial charge in [0.1, 0.15) is 6.04 Å². The predicted octanol–water partition coefficient (Wildman–Crippen LogP) is 3.81. The monoisotopic (exact) mass is 461 g/mol. The van der Waals surface area contributed by atoms with Crippen molar-refractivity contribution in [3.05, 3.63) is 60.2 Å². The molecule has 8 heteroatoms. The molecule has 2 aromatic carbocycles. The number of hydroxylamine groups is 1. The van der Waals surface area contributed by atoms with E-state index in [1.54, 1.807) is 24.3 Å². The van der Waals surface area contributed by atoms with E-state index < -0.39 is 27.6 Å². The number of nitrogens with one attached hydrogen (secondary N) is 1. The molecule has 0 heterocycles. The number of carbonyl (C=O) groups excluding carboxylic acids is 1. The smallest absolute Gasteiger partial charge is 0.262 e. The van der Waals surface area contributed by atoms with E-state index in [2.05, 4.69) is 5.48 Å². The molecule has 2 rings (SSSR count). The lowest BCUT2D eigenvalue weighted by atomic mass is 10.0. The molecule has 1 N–H and O–H groups in total. The van der Waals surface area contributed by atoms with Gasteiger partial charge in [-0.1, -0.05) is 44.2 Å². The molecule has 32 heavy (non-hydrogen) atoms. The molecular weight excluding hydrogens is 426 g/mol. The molecule has 0 unspecified atom stereocenters. The molecule has 0 spiro atoms. The highest BCUT2D eigenvalue weighted by molar-refractivity contribution is 7.89. The van der Waals surface area contributed by atoms with E-state index in [1.165, 1.54) is 4.31 Å². The number of rotatable bonds is 9. The zero-order chi connectivity index (χ0) is 24.1. The fourth-order valence-corrected chi connectivity index (χ4v) is 4.89. The van der Waals surface area contributed by atoms with Gasteiger partial charge in [-0.15, -0.1) is 0 Å². The quantitative estimate of drug-likeness (QED) is 0.575. The van der Waals surface area contributed by atoms with Crippen molar-refractivity contribution in [1.29, 1.82) is 0 Å². The number of anilines is 1. The number of sulfonamides is 1. The molecular formula is C24H35N3O4S. The van der Waals surface area contributed by atoms with E-state index >= 15 is 0 Å². The first-order valence-electron chi connectivity index (χ1n) is 10.6. The van der Waals surface area contributed by atoms with Crippen molar-refractivity contribution >= 4 is 21.6 Å². The Labute approximate surface area is 192 Å². The van der Waals surface area contributed by atoms with Gasteiger partial charge in [0, 0.05) is 26.3 Å². The number of carbonyl (C=O) groups is 1. The van der Waals surface area contributed by atoms with Crippen molar-refractivity contribution in [3.8, 4) is 0 Å². The van der Waals surface area contributed by atoms with Crippen LogP contribution in [0.3, 0.4) is 0 Å². The maximum absolute atomic E-state index is 13.8. The number of hydrogen-bond acceptors (Lipinski definition) is 5. The SMILES string of the molecule is CC(C)[C@H](C(=O)NOC(C)(C)C)N(Cc1ccccc1)S(=O)(=O)c1ccc(N(C)C)cc1. The summed E-state index contributed by atoms with van der Waals surface area (Å²) in [5.74, 6) is -0.794. The molecule has 7 nitrogen and oxygen atoms in total. The van der Waals surface area contributed by atoms with E-state index in [0.29, 0.717) is 0 Å². The molecule has 176 valence electrons. The van der Waals surface area contributed by atoms with Crippen LogP contribution >= 0.6 is 0 Å². The molecule has 0 bridgehead atoms. The van der Waals surface area contributed by atoms with Crippen molar-refractivity contribution in [2.45, 2.75) is 57.7 Å². The highest BCUT2D eigenvalue weighted by Crippen LogP contribution is 2.26. The number of benzene rings is 2. The molecule has 0 aliphatic heterocycles. The van der Waals surface area contributed by atoms with Gasteiger partial charge in [0.15, 0.2) is 0 Å². The van der Waals surface area contributed by atoms with Crippen LogP contribution in [-0.2, 0) is 26.2 Å². The lowest BCUT2D eigenvalue weighted by molar-refractivity contribution is -0.151. The molecule has 0 aliphatic rings. The van der Waals surface area contributed by atoms with E-state index in [0.717, 1.165) is 11.3 Å². The van der Waals surface area contributed by atoms with Gasteiger partial charge in [0.05, 0.1) is 10.5 Å². The Hall–Kier alpha value is -2.42. The van der Waals surface area contributed by atoms with Crippen LogP contribution < -0.4 is 10.4 Å². The summed E-state index contributed by atoms with van der Waals surface area (Å²) in [6.45, 7) is 9.13. The van der Waals surface area contributed by atoms with Gasteiger partial charge in [-0.25, -0.2) is 13.9 Å². The molecule has 1 atom stereocenters. The number of nitrogens with zero attached hydrogens (tertiary/aromatic N) is 2. The average molecular weight is 462 g/mol. The Morgan fingerprint density at radius 3 is 2.03 bits per heavy atom. The summed E-state index contributed by atoms with van der Waals surface area (Å²) in [7, 11) is -0.209. The van der Waals surface area contributed by atoms with Gasteiger partial charge in [0.2, 0.25) is 10.0 Å². The largest absolute Gasteiger partial charge is 0.378 e. The van der Waals surface area contributed by atoms with Gasteiger partial charge in [-0.2, -0.15) is 4.31 Å². The first-order chi connectivity index (χ1) is 14.8. The second kappa shape index (κ2) is 10.5. The minimum absolute atomic E-state index is 0.0599. The van der Waals surface area contributed by atoms with Crippen LogP contribution in [0.2, 0.25) is 0 Å². The maximum Gasteiger partial charge on any atom is 0.262 e. The van der Waals surface area contributed by atoms with Crippen LogP contribution in [0.25, 0.3) is 0 Å². The molecule has 0 fully saturated rings. The van der Waals surface area contributed by atoms with Gasteiger partial charge >= 0.3 is 0 Å². The maximum atomic E-state index is 13.8. The Morgan fingerprint density at radius 1 is 1.00 bits per heavy atom. The van der Waals surface area contributed by atoms with E-state index in [9.17, 15) is 13.2 Å². The Kier molecular flexibility index (Phi) is 8.45. The minimum atomic E-state index is -3.99. The van der Waals surface area contributed by atoms with E-state index in [1.807, 2.05) is 83.9 Å². The fourth-order valence-electron chi connectivity index (χ4n) is 3.18. The molecule has 0 saturated carbocycles. The Bertz CT molecular complexity index is 982. The molecule has 2 aromatic rings. The van der Waals surface area contributed by atoms with Crippen molar-refractivity contribution in [1.82, 2.24) is 9.79 Å². The molecule has 0 aliphatic carbocycles. The minimum Gasteiger partial charge on any atom is -0.378 e. The highest BCUT2D eigenvalue weighted by Gasteiger charge is 2.38. The first-order valence-corrected chi connectivity index (χ1v) is 12.1. The molecule has 0 radical (unpaired) electrons. The fraction of sp³-hybridized carbons (Fsp3) is 0.458. The summed E-state index contributed by atoms with van der Waals surface area (Å²) in [6.07, 6.45) is 0. The Balaban J connectivity index is 2.50. The molecule has 0 aromatic heterocycles. The van der Waals surface area contributed by atoms with Crippen LogP contribution in [0.5, 0.6) is 0 Å². The summed E-state index contributed by atoms with van der Waals surface area (Å²) >= 11 is 0. The first kappa shape index (κ1) is 25.8. The molecule has 1 amide bonds. The van der Waals surface area contributed by atoms with Crippen LogP contribution in [0.15, 0.2) is 59.5 Å². The summed E-state index contributed by atoms with van der Waals surface area (Å²) in [5, 5.41) is 0. The standard InChI is InChI=1S/C24H35N3O4S/c1-18(2)22(23(28)25-31-24(3,4)5)27(17-19-11-9-8-10-12-19)32(29,30)21-15-13-20(14-16-21)26(6)7/h8-16,18,22H,17H2,1-7H3,(H,25,28)/t22-/m1/s1. The third-order valence-electron chi connectivity index (χ3n) is 4.81. The van der Waals surface area contributed by atoms with Crippen molar-refractivity contribution in [2.75, 3.05) is 19.0 Å². The second-order valence-electron chi connectivity index (χ2n) is 9.29. The van der Waals surface area contributed by atoms with Gasteiger partial charge in [-0.05, 0) is 56.5 Å². The van der Waals surface area contributed by atoms with Crippen LogP contribution in [0.1, 0.15) is 40.2 Å². The zero-order valence-corrected chi connectivity index (χ0v) is 20.8. The van der Waals surface area contributed by atoms with Gasteiger partial charge in [-0.3, -0.25) is 9.63 Å². The summed E-state index contributed by atoms with van der Waals surface area (Å²) in [6, 6.07) is 14.9.